The predicted octanol–water partition coefficient (Wildman–Crippen LogP) is 1.52. The molecule has 1 saturated heterocycles. The fourth-order valence-corrected chi connectivity index (χ4v) is 2.19. The van der Waals surface area contributed by atoms with Gasteiger partial charge in [-0.2, -0.15) is 0 Å². The molecule has 0 aliphatic carbocycles. The van der Waals surface area contributed by atoms with E-state index in [0.717, 1.165) is 6.42 Å². The minimum atomic E-state index is -0.931. The molecule has 1 aliphatic rings. The number of amides is 3. The third-order valence-corrected chi connectivity index (χ3v) is 4.48. The molecule has 1 rings (SSSR count). The van der Waals surface area contributed by atoms with Crippen molar-refractivity contribution in [1.82, 2.24) is 10.2 Å². The lowest BCUT2D eigenvalue weighted by atomic mass is 9.95. The van der Waals surface area contributed by atoms with Gasteiger partial charge in [0, 0.05) is 30.8 Å². The number of hydrogen-bond donors (Lipinski definition) is 2. The molecule has 4 atom stereocenters. The summed E-state index contributed by atoms with van der Waals surface area (Å²) in [4.78, 5) is 45.7. The number of hydrogen-bond acceptors (Lipinski definition) is 4. The zero-order chi connectivity index (χ0) is 19.0. The number of carbonyl (C=O) groups excluding carboxylic acids is 3. The molecular weight excluding hydrogens is 312 g/mol. The molecule has 7 nitrogen and oxygen atoms in total. The zero-order valence-electron chi connectivity index (χ0n) is 15.5. The largest absolute Gasteiger partial charge is 0.481 e. The highest BCUT2D eigenvalue weighted by atomic mass is 16.4. The topological polar surface area (TPSA) is 104 Å². The molecule has 0 radical (unpaired) electrons. The number of carboxylic acid groups (broad SMARTS) is 1. The Kier molecular flexibility index (Phi) is 9.25. The van der Waals surface area contributed by atoms with Crippen LogP contribution in [0.25, 0.3) is 0 Å². The van der Waals surface area contributed by atoms with Crippen molar-refractivity contribution in [2.45, 2.75) is 48.0 Å². The van der Waals surface area contributed by atoms with E-state index in [-0.39, 0.29) is 29.6 Å². The highest BCUT2D eigenvalue weighted by molar-refractivity contribution is 6.04. The number of carboxylic acids is 1. The molecule has 1 heterocycles. The van der Waals surface area contributed by atoms with E-state index in [9.17, 15) is 19.2 Å². The van der Waals surface area contributed by atoms with Crippen molar-refractivity contribution in [1.29, 1.82) is 0 Å². The van der Waals surface area contributed by atoms with Gasteiger partial charge in [-0.15, -0.1) is 0 Å². The van der Waals surface area contributed by atoms with E-state index in [1.54, 1.807) is 27.7 Å². The number of carbonyl (C=O) groups is 4. The van der Waals surface area contributed by atoms with E-state index >= 15 is 0 Å². The first-order valence-corrected chi connectivity index (χ1v) is 8.45. The Balaban J connectivity index is 0.000000446. The SMILES string of the molecule is CCCNC(=O)C(C)C(C)C(=O)O.CCN1C(=O)C(C)C(C)C1=O. The molecule has 7 heteroatoms. The molecule has 1 aliphatic heterocycles. The number of nitrogens with zero attached hydrogens (tertiary/aromatic N) is 1. The standard InChI is InChI=1S/C9H17NO3.C8H13NO2/c1-4-5-10-8(11)6(2)7(3)9(12)13;1-4-9-7(10)5(2)6(3)8(9)11/h6-7H,4-5H2,1-3H3,(H,10,11)(H,12,13);5-6H,4H2,1-3H3. The monoisotopic (exact) mass is 342 g/mol. The number of imide groups is 1. The molecule has 1 fully saturated rings. The summed E-state index contributed by atoms with van der Waals surface area (Å²) >= 11 is 0. The lowest BCUT2D eigenvalue weighted by molar-refractivity contribution is -0.146. The smallest absolute Gasteiger partial charge is 0.307 e. The van der Waals surface area contributed by atoms with Crippen molar-refractivity contribution < 1.29 is 24.3 Å². The predicted molar refractivity (Wildman–Crippen MR) is 90.0 cm³/mol. The molecule has 0 aromatic heterocycles. The van der Waals surface area contributed by atoms with Crippen LogP contribution in [0.4, 0.5) is 0 Å². The van der Waals surface area contributed by atoms with Crippen LogP contribution >= 0.6 is 0 Å². The first-order valence-electron chi connectivity index (χ1n) is 8.45. The normalized spacial score (nSPS) is 22.5. The summed E-state index contributed by atoms with van der Waals surface area (Å²) in [6.45, 7) is 11.7. The van der Waals surface area contributed by atoms with Crippen LogP contribution in [-0.4, -0.2) is 46.8 Å². The zero-order valence-corrected chi connectivity index (χ0v) is 15.5. The van der Waals surface area contributed by atoms with Crippen molar-refractivity contribution in [3.05, 3.63) is 0 Å². The van der Waals surface area contributed by atoms with Crippen molar-refractivity contribution in [2.75, 3.05) is 13.1 Å². The minimum absolute atomic E-state index is 0.0231. The molecule has 24 heavy (non-hydrogen) atoms. The maximum Gasteiger partial charge on any atom is 0.307 e. The second kappa shape index (κ2) is 10.1. The third kappa shape index (κ3) is 5.62. The summed E-state index contributed by atoms with van der Waals surface area (Å²) < 4.78 is 0. The van der Waals surface area contributed by atoms with Crippen LogP contribution in [-0.2, 0) is 19.2 Å². The molecule has 0 saturated carbocycles. The highest BCUT2D eigenvalue weighted by Crippen LogP contribution is 2.24. The van der Waals surface area contributed by atoms with Gasteiger partial charge in [0.2, 0.25) is 17.7 Å². The van der Waals surface area contributed by atoms with Crippen LogP contribution in [0, 0.1) is 23.7 Å². The first kappa shape index (κ1) is 22.1. The Morgan fingerprint density at radius 3 is 1.83 bits per heavy atom. The average molecular weight is 342 g/mol. The van der Waals surface area contributed by atoms with E-state index in [2.05, 4.69) is 5.32 Å². The van der Waals surface area contributed by atoms with Crippen molar-refractivity contribution in [3.63, 3.8) is 0 Å². The Morgan fingerprint density at radius 2 is 1.54 bits per heavy atom. The molecule has 4 unspecified atom stereocenters. The third-order valence-electron chi connectivity index (χ3n) is 4.48. The van der Waals surface area contributed by atoms with E-state index in [1.165, 1.54) is 4.90 Å². The summed E-state index contributed by atoms with van der Waals surface area (Å²) in [6.07, 6.45) is 0.861. The van der Waals surface area contributed by atoms with Gasteiger partial charge in [0.25, 0.3) is 0 Å². The van der Waals surface area contributed by atoms with Crippen molar-refractivity contribution >= 4 is 23.7 Å². The van der Waals surface area contributed by atoms with E-state index < -0.39 is 17.8 Å². The average Bonchev–Trinajstić information content (AvgIpc) is 2.74. The summed E-state index contributed by atoms with van der Waals surface area (Å²) in [6, 6.07) is 0. The van der Waals surface area contributed by atoms with Crippen LogP contribution in [0.15, 0.2) is 0 Å². The van der Waals surface area contributed by atoms with Crippen LogP contribution in [0.3, 0.4) is 0 Å². The van der Waals surface area contributed by atoms with Gasteiger partial charge >= 0.3 is 5.97 Å². The number of rotatable bonds is 6. The molecule has 0 aromatic carbocycles. The minimum Gasteiger partial charge on any atom is -0.481 e. The van der Waals surface area contributed by atoms with Gasteiger partial charge in [0.1, 0.15) is 0 Å². The number of aliphatic carboxylic acids is 1. The van der Waals surface area contributed by atoms with Gasteiger partial charge in [-0.3, -0.25) is 24.1 Å². The highest BCUT2D eigenvalue weighted by Gasteiger charge is 2.40. The van der Waals surface area contributed by atoms with Gasteiger partial charge in [0.05, 0.1) is 5.92 Å². The second-order valence-corrected chi connectivity index (χ2v) is 6.20. The van der Waals surface area contributed by atoms with Crippen molar-refractivity contribution in [3.8, 4) is 0 Å². The van der Waals surface area contributed by atoms with Crippen LogP contribution < -0.4 is 5.32 Å². The van der Waals surface area contributed by atoms with Crippen LogP contribution in [0.5, 0.6) is 0 Å². The quantitative estimate of drug-likeness (QED) is 0.712. The second-order valence-electron chi connectivity index (χ2n) is 6.20. The van der Waals surface area contributed by atoms with Crippen LogP contribution in [0.2, 0.25) is 0 Å². The molecule has 0 bridgehead atoms. The van der Waals surface area contributed by atoms with Crippen LogP contribution in [0.1, 0.15) is 48.0 Å². The van der Waals surface area contributed by atoms with Gasteiger partial charge in [-0.25, -0.2) is 0 Å². The first-order chi connectivity index (χ1) is 11.1. The van der Waals surface area contributed by atoms with E-state index in [1.807, 2.05) is 13.8 Å². The molecule has 0 aromatic rings. The van der Waals surface area contributed by atoms with E-state index in [4.69, 9.17) is 5.11 Å². The van der Waals surface area contributed by atoms with Gasteiger partial charge in [0.15, 0.2) is 0 Å². The van der Waals surface area contributed by atoms with Gasteiger partial charge in [-0.1, -0.05) is 34.6 Å². The Labute approximate surface area is 143 Å². The Hall–Kier alpha value is -1.92. The summed E-state index contributed by atoms with van der Waals surface area (Å²) in [7, 11) is 0. The Bertz CT molecular complexity index is 458. The Morgan fingerprint density at radius 1 is 1.08 bits per heavy atom. The summed E-state index contributed by atoms with van der Waals surface area (Å²) in [5.74, 6) is -2.50. The molecule has 138 valence electrons. The van der Waals surface area contributed by atoms with Crippen molar-refractivity contribution in [2.24, 2.45) is 23.7 Å². The number of nitrogens with one attached hydrogen (secondary N) is 1. The molecular formula is C17H30N2O5. The lowest BCUT2D eigenvalue weighted by Crippen LogP contribution is -2.35. The fourth-order valence-electron chi connectivity index (χ4n) is 2.19. The number of likely N-dealkylation sites (tertiary alicyclic amines) is 1. The maximum absolute atomic E-state index is 11.3. The summed E-state index contributed by atoms with van der Waals surface area (Å²) in [5, 5.41) is 11.3. The maximum atomic E-state index is 11.3. The molecule has 3 amide bonds. The van der Waals surface area contributed by atoms with Gasteiger partial charge in [-0.05, 0) is 13.3 Å². The van der Waals surface area contributed by atoms with E-state index in [0.29, 0.717) is 13.1 Å². The molecule has 0 spiro atoms. The fraction of sp³-hybridized carbons (Fsp3) is 0.765. The molecule has 2 N–H and O–H groups in total. The van der Waals surface area contributed by atoms with Gasteiger partial charge < -0.3 is 10.4 Å². The lowest BCUT2D eigenvalue weighted by Gasteiger charge is -2.15. The summed E-state index contributed by atoms with van der Waals surface area (Å²) in [5.41, 5.74) is 0.